The van der Waals surface area contributed by atoms with Crippen molar-refractivity contribution in [2.75, 3.05) is 44.2 Å². The van der Waals surface area contributed by atoms with E-state index in [1.807, 2.05) is 37.3 Å². The van der Waals surface area contributed by atoms with Crippen LogP contribution in [0.1, 0.15) is 31.7 Å². The van der Waals surface area contributed by atoms with Crippen LogP contribution in [-0.4, -0.2) is 54.2 Å². The fourth-order valence-electron chi connectivity index (χ4n) is 3.99. The third kappa shape index (κ3) is 4.82. The molecule has 6 nitrogen and oxygen atoms in total. The van der Waals surface area contributed by atoms with Gasteiger partial charge in [0.15, 0.2) is 0 Å². The van der Waals surface area contributed by atoms with Crippen LogP contribution in [-0.2, 0) is 0 Å². The van der Waals surface area contributed by atoms with Gasteiger partial charge < -0.3 is 14.1 Å². The Bertz CT molecular complexity index is 1010. The monoisotopic (exact) mass is 406 g/mol. The molecule has 0 unspecified atom stereocenters. The van der Waals surface area contributed by atoms with Crippen LogP contribution in [0.4, 0.5) is 5.95 Å². The Morgan fingerprint density at radius 2 is 2.07 bits per heavy atom. The molecule has 2 aromatic heterocycles. The van der Waals surface area contributed by atoms with E-state index in [0.29, 0.717) is 6.61 Å². The maximum Gasteiger partial charge on any atom is 0.226 e. The van der Waals surface area contributed by atoms with Gasteiger partial charge in [-0.15, -0.1) is 0 Å². The van der Waals surface area contributed by atoms with E-state index in [0.717, 1.165) is 73.2 Å². The van der Waals surface area contributed by atoms with Crippen molar-refractivity contribution in [1.82, 2.24) is 14.9 Å². The normalized spacial score (nSPS) is 16.1. The van der Waals surface area contributed by atoms with Crippen LogP contribution >= 0.6 is 0 Å². The molecule has 0 amide bonds. The molecule has 0 spiro atoms. The molecule has 158 valence electrons. The van der Waals surface area contributed by atoms with Gasteiger partial charge in [-0.3, -0.25) is 4.90 Å². The zero-order chi connectivity index (χ0) is 20.9. The van der Waals surface area contributed by atoms with E-state index < -0.39 is 0 Å². The SMILES string of the molecule is CCOc1ccc2nc(N3CCCN(C/C(C)=C/c4ccco4)CC3)nc(C)c2c1. The van der Waals surface area contributed by atoms with Crippen molar-refractivity contribution in [3.63, 3.8) is 0 Å². The summed E-state index contributed by atoms with van der Waals surface area (Å²) in [6.07, 6.45) is 4.93. The lowest BCUT2D eigenvalue weighted by Gasteiger charge is -2.22. The van der Waals surface area contributed by atoms with Gasteiger partial charge >= 0.3 is 0 Å². The minimum absolute atomic E-state index is 0.657. The fraction of sp³-hybridized carbons (Fsp3) is 0.417. The maximum atomic E-state index is 5.63. The Kier molecular flexibility index (Phi) is 6.33. The summed E-state index contributed by atoms with van der Waals surface area (Å²) in [5.41, 5.74) is 3.27. The van der Waals surface area contributed by atoms with E-state index >= 15 is 0 Å². The van der Waals surface area contributed by atoms with Crippen molar-refractivity contribution < 1.29 is 9.15 Å². The molecule has 0 saturated carbocycles. The summed E-state index contributed by atoms with van der Waals surface area (Å²) in [6, 6.07) is 9.97. The number of hydrogen-bond donors (Lipinski definition) is 0. The summed E-state index contributed by atoms with van der Waals surface area (Å²) in [5, 5.41) is 1.06. The summed E-state index contributed by atoms with van der Waals surface area (Å²) >= 11 is 0. The Morgan fingerprint density at radius 1 is 1.17 bits per heavy atom. The Balaban J connectivity index is 1.45. The summed E-state index contributed by atoms with van der Waals surface area (Å²) in [6.45, 7) is 11.8. The molecule has 6 heteroatoms. The number of fused-ring (bicyclic) bond motifs is 1. The lowest BCUT2D eigenvalue weighted by molar-refractivity contribution is 0.319. The zero-order valence-electron chi connectivity index (χ0n) is 18.1. The van der Waals surface area contributed by atoms with Crippen LogP contribution < -0.4 is 9.64 Å². The number of nitrogens with zero attached hydrogens (tertiary/aromatic N) is 4. The van der Waals surface area contributed by atoms with E-state index in [-0.39, 0.29) is 0 Å². The summed E-state index contributed by atoms with van der Waals surface area (Å²) in [4.78, 5) is 14.5. The predicted octanol–water partition coefficient (Wildman–Crippen LogP) is 4.55. The Hall–Kier alpha value is -2.86. The number of rotatable bonds is 6. The van der Waals surface area contributed by atoms with Crippen LogP contribution in [0, 0.1) is 6.92 Å². The fourth-order valence-corrected chi connectivity index (χ4v) is 3.99. The summed E-state index contributed by atoms with van der Waals surface area (Å²) in [5.74, 6) is 2.61. The molecule has 0 bridgehead atoms. The van der Waals surface area contributed by atoms with Gasteiger partial charge in [-0.2, -0.15) is 0 Å². The molecule has 0 atom stereocenters. The molecule has 1 saturated heterocycles. The first-order chi connectivity index (χ1) is 14.6. The highest BCUT2D eigenvalue weighted by Crippen LogP contribution is 2.24. The number of aryl methyl sites for hydroxylation is 1. The number of aromatic nitrogens is 2. The third-order valence-electron chi connectivity index (χ3n) is 5.43. The zero-order valence-corrected chi connectivity index (χ0v) is 18.1. The van der Waals surface area contributed by atoms with Crippen molar-refractivity contribution in [2.24, 2.45) is 0 Å². The molecule has 0 aliphatic carbocycles. The van der Waals surface area contributed by atoms with E-state index in [4.69, 9.17) is 19.1 Å². The van der Waals surface area contributed by atoms with E-state index in [2.05, 4.69) is 29.7 Å². The van der Waals surface area contributed by atoms with Gasteiger partial charge in [0, 0.05) is 38.1 Å². The number of benzene rings is 1. The van der Waals surface area contributed by atoms with Crippen molar-refractivity contribution >= 4 is 22.9 Å². The van der Waals surface area contributed by atoms with Crippen molar-refractivity contribution in [3.05, 3.63) is 53.6 Å². The second kappa shape index (κ2) is 9.30. The van der Waals surface area contributed by atoms with Crippen molar-refractivity contribution in [3.8, 4) is 5.75 Å². The molecule has 30 heavy (non-hydrogen) atoms. The highest BCUT2D eigenvalue weighted by molar-refractivity contribution is 5.83. The average Bonchev–Trinajstić information content (AvgIpc) is 3.12. The molecule has 1 fully saturated rings. The molecule has 1 aliphatic heterocycles. The van der Waals surface area contributed by atoms with Gasteiger partial charge in [-0.1, -0.05) is 5.57 Å². The van der Waals surface area contributed by atoms with Gasteiger partial charge in [-0.25, -0.2) is 9.97 Å². The quantitative estimate of drug-likeness (QED) is 0.599. The minimum Gasteiger partial charge on any atom is -0.494 e. The highest BCUT2D eigenvalue weighted by Gasteiger charge is 2.18. The first-order valence-corrected chi connectivity index (χ1v) is 10.7. The van der Waals surface area contributed by atoms with Crippen LogP contribution in [0.15, 0.2) is 46.6 Å². The second-order valence-electron chi connectivity index (χ2n) is 7.84. The molecular weight excluding hydrogens is 376 g/mol. The smallest absolute Gasteiger partial charge is 0.226 e. The molecule has 1 aromatic carbocycles. The molecule has 4 rings (SSSR count). The Morgan fingerprint density at radius 3 is 2.87 bits per heavy atom. The van der Waals surface area contributed by atoms with Crippen LogP contribution in [0.2, 0.25) is 0 Å². The van der Waals surface area contributed by atoms with Crippen molar-refractivity contribution in [2.45, 2.75) is 27.2 Å². The molecular formula is C24H30N4O2. The Labute approximate surface area is 178 Å². The maximum absolute atomic E-state index is 5.63. The van der Waals surface area contributed by atoms with Crippen molar-refractivity contribution in [1.29, 1.82) is 0 Å². The van der Waals surface area contributed by atoms with Gasteiger partial charge in [-0.05, 0) is 63.6 Å². The largest absolute Gasteiger partial charge is 0.494 e. The summed E-state index contributed by atoms with van der Waals surface area (Å²) < 4.78 is 11.1. The van der Waals surface area contributed by atoms with Crippen LogP contribution in [0.5, 0.6) is 5.75 Å². The van der Waals surface area contributed by atoms with Gasteiger partial charge in [0.05, 0.1) is 24.1 Å². The highest BCUT2D eigenvalue weighted by atomic mass is 16.5. The molecule has 0 N–H and O–H groups in total. The first-order valence-electron chi connectivity index (χ1n) is 10.7. The topological polar surface area (TPSA) is 54.6 Å². The van der Waals surface area contributed by atoms with Gasteiger partial charge in [0.2, 0.25) is 5.95 Å². The molecule has 3 heterocycles. The van der Waals surface area contributed by atoms with E-state index in [9.17, 15) is 0 Å². The molecule has 1 aliphatic rings. The minimum atomic E-state index is 0.657. The second-order valence-corrected chi connectivity index (χ2v) is 7.84. The third-order valence-corrected chi connectivity index (χ3v) is 5.43. The lowest BCUT2D eigenvalue weighted by Crippen LogP contribution is -2.32. The predicted molar refractivity (Wildman–Crippen MR) is 121 cm³/mol. The molecule has 3 aromatic rings. The number of ether oxygens (including phenoxy) is 1. The van der Waals surface area contributed by atoms with Crippen LogP contribution in [0.3, 0.4) is 0 Å². The lowest BCUT2D eigenvalue weighted by atomic mass is 10.2. The van der Waals surface area contributed by atoms with E-state index in [1.165, 1.54) is 5.57 Å². The standard InChI is InChI=1S/C24H30N4O2/c1-4-29-21-8-9-23-22(16-21)19(3)25-24(26-23)28-11-6-10-27(12-13-28)17-18(2)15-20-7-5-14-30-20/h5,7-9,14-16H,4,6,10-13,17H2,1-3H3/b18-15+. The number of furan rings is 1. The van der Waals surface area contributed by atoms with E-state index in [1.54, 1.807) is 6.26 Å². The van der Waals surface area contributed by atoms with Gasteiger partial charge in [0.1, 0.15) is 11.5 Å². The van der Waals surface area contributed by atoms with Crippen LogP contribution in [0.25, 0.3) is 17.0 Å². The van der Waals surface area contributed by atoms with Gasteiger partial charge in [0.25, 0.3) is 0 Å². The average molecular weight is 407 g/mol. The molecule has 0 radical (unpaired) electrons. The first kappa shape index (κ1) is 20.4. The number of hydrogen-bond acceptors (Lipinski definition) is 6. The number of anilines is 1. The summed E-state index contributed by atoms with van der Waals surface area (Å²) in [7, 11) is 0.